The fraction of sp³-hybridized carbons (Fsp3) is 0.938. The first-order valence-electron chi connectivity index (χ1n) is 8.49. The highest BCUT2D eigenvalue weighted by Crippen LogP contribution is 2.57. The van der Waals surface area contributed by atoms with E-state index in [0.29, 0.717) is 17.6 Å². The number of rotatable bonds is 5. The number of hydrogen-bond acceptors (Lipinski definition) is 3. The van der Waals surface area contributed by atoms with E-state index in [0.717, 1.165) is 30.8 Å². The zero-order valence-corrected chi connectivity index (χ0v) is 14.2. The predicted octanol–water partition coefficient (Wildman–Crippen LogP) is 2.39. The molecule has 5 heteroatoms. The molecule has 2 saturated carbocycles. The van der Waals surface area contributed by atoms with Gasteiger partial charge in [0.25, 0.3) is 0 Å². The summed E-state index contributed by atoms with van der Waals surface area (Å²) >= 11 is 2.09. The van der Waals surface area contributed by atoms with Crippen LogP contribution in [0.25, 0.3) is 0 Å². The first-order valence-corrected chi connectivity index (χ1v) is 9.54. The van der Waals surface area contributed by atoms with Gasteiger partial charge in [-0.2, -0.15) is 11.8 Å². The van der Waals surface area contributed by atoms with Crippen molar-refractivity contribution in [2.45, 2.75) is 62.8 Å². The standard InChI is InChI=1S/C16H29N3OS/c1-3-20-14-10-13(16(14)7-5-8-16)19-15(17-2)18-11-12-6-4-9-21-12/h12-14H,3-11H2,1-2H3,(H2,17,18,19). The van der Waals surface area contributed by atoms with Crippen LogP contribution in [0.3, 0.4) is 0 Å². The lowest BCUT2D eigenvalue weighted by Crippen LogP contribution is -2.68. The highest BCUT2D eigenvalue weighted by molar-refractivity contribution is 8.00. The number of nitrogens with one attached hydrogen (secondary N) is 2. The van der Waals surface area contributed by atoms with Crippen molar-refractivity contribution in [1.82, 2.24) is 10.6 Å². The van der Waals surface area contributed by atoms with Crippen LogP contribution in [0.1, 0.15) is 45.4 Å². The summed E-state index contributed by atoms with van der Waals surface area (Å²) in [6.45, 7) is 3.98. The van der Waals surface area contributed by atoms with E-state index in [-0.39, 0.29) is 0 Å². The minimum atomic E-state index is 0.399. The molecule has 2 N–H and O–H groups in total. The molecule has 3 unspecified atom stereocenters. The van der Waals surface area contributed by atoms with Gasteiger partial charge in [0.15, 0.2) is 5.96 Å². The molecule has 1 heterocycles. The van der Waals surface area contributed by atoms with Gasteiger partial charge in [-0.25, -0.2) is 0 Å². The van der Waals surface area contributed by atoms with Crippen LogP contribution < -0.4 is 10.6 Å². The molecular formula is C16H29N3OS. The van der Waals surface area contributed by atoms with E-state index in [1.807, 2.05) is 7.05 Å². The molecule has 0 aromatic rings. The minimum Gasteiger partial charge on any atom is -0.378 e. The predicted molar refractivity (Wildman–Crippen MR) is 90.1 cm³/mol. The Morgan fingerprint density at radius 2 is 2.24 bits per heavy atom. The number of aliphatic imine (C=N–C) groups is 1. The third-order valence-electron chi connectivity index (χ3n) is 5.49. The molecule has 4 nitrogen and oxygen atoms in total. The van der Waals surface area contributed by atoms with Gasteiger partial charge >= 0.3 is 0 Å². The van der Waals surface area contributed by atoms with Crippen molar-refractivity contribution in [1.29, 1.82) is 0 Å². The molecule has 120 valence electrons. The summed E-state index contributed by atoms with van der Waals surface area (Å²) in [5.74, 6) is 2.30. The fourth-order valence-corrected chi connectivity index (χ4v) is 5.22. The molecule has 0 amide bonds. The van der Waals surface area contributed by atoms with Crippen LogP contribution >= 0.6 is 11.8 Å². The summed E-state index contributed by atoms with van der Waals surface area (Å²) in [5.41, 5.74) is 0.399. The average Bonchev–Trinajstić information content (AvgIpc) is 2.92. The Labute approximate surface area is 132 Å². The number of nitrogens with zero attached hydrogens (tertiary/aromatic N) is 1. The topological polar surface area (TPSA) is 45.6 Å². The van der Waals surface area contributed by atoms with Gasteiger partial charge in [-0.05, 0) is 44.8 Å². The summed E-state index contributed by atoms with van der Waals surface area (Å²) in [7, 11) is 1.88. The molecule has 1 aliphatic heterocycles. The molecule has 3 rings (SSSR count). The van der Waals surface area contributed by atoms with Crippen LogP contribution in [0.2, 0.25) is 0 Å². The fourth-order valence-electron chi connectivity index (χ4n) is 4.02. The number of thioether (sulfide) groups is 1. The zero-order valence-electron chi connectivity index (χ0n) is 13.4. The van der Waals surface area contributed by atoms with Gasteiger partial charge in [0.2, 0.25) is 0 Å². The molecule has 1 saturated heterocycles. The second kappa shape index (κ2) is 6.78. The van der Waals surface area contributed by atoms with E-state index < -0.39 is 0 Å². The van der Waals surface area contributed by atoms with Crippen LogP contribution in [-0.4, -0.2) is 49.3 Å². The highest BCUT2D eigenvalue weighted by atomic mass is 32.2. The van der Waals surface area contributed by atoms with Gasteiger partial charge in [-0.3, -0.25) is 4.99 Å². The number of ether oxygens (including phenoxy) is 1. The monoisotopic (exact) mass is 311 g/mol. The van der Waals surface area contributed by atoms with Crippen molar-refractivity contribution in [3.63, 3.8) is 0 Å². The average molecular weight is 311 g/mol. The first kappa shape index (κ1) is 15.5. The largest absolute Gasteiger partial charge is 0.378 e. The van der Waals surface area contributed by atoms with E-state index >= 15 is 0 Å². The number of guanidine groups is 1. The number of hydrogen-bond donors (Lipinski definition) is 2. The van der Waals surface area contributed by atoms with Gasteiger partial charge in [-0.15, -0.1) is 0 Å². The molecule has 3 aliphatic rings. The van der Waals surface area contributed by atoms with Gasteiger partial charge in [0, 0.05) is 36.9 Å². The molecule has 2 aliphatic carbocycles. The van der Waals surface area contributed by atoms with Gasteiger partial charge in [-0.1, -0.05) is 6.42 Å². The molecule has 0 radical (unpaired) electrons. The summed E-state index contributed by atoms with van der Waals surface area (Å²) in [6.07, 6.45) is 8.28. The molecule has 21 heavy (non-hydrogen) atoms. The molecular weight excluding hydrogens is 282 g/mol. The first-order chi connectivity index (χ1) is 10.3. The van der Waals surface area contributed by atoms with Crippen LogP contribution in [0.4, 0.5) is 0 Å². The second-order valence-corrected chi connectivity index (χ2v) is 7.96. The Hall–Kier alpha value is -0.420. The van der Waals surface area contributed by atoms with Crippen molar-refractivity contribution in [2.24, 2.45) is 10.4 Å². The summed E-state index contributed by atoms with van der Waals surface area (Å²) in [5, 5.41) is 7.94. The maximum absolute atomic E-state index is 5.92. The minimum absolute atomic E-state index is 0.399. The van der Waals surface area contributed by atoms with E-state index in [1.54, 1.807) is 0 Å². The third-order valence-corrected chi connectivity index (χ3v) is 6.89. The van der Waals surface area contributed by atoms with Crippen molar-refractivity contribution >= 4 is 17.7 Å². The van der Waals surface area contributed by atoms with E-state index in [2.05, 4.69) is 34.3 Å². The Morgan fingerprint density at radius 1 is 1.38 bits per heavy atom. The highest BCUT2D eigenvalue weighted by Gasteiger charge is 2.59. The molecule has 1 spiro atoms. The van der Waals surface area contributed by atoms with Crippen LogP contribution in [0, 0.1) is 5.41 Å². The molecule has 3 atom stereocenters. The lowest BCUT2D eigenvalue weighted by molar-refractivity contribution is -0.168. The van der Waals surface area contributed by atoms with E-state index in [9.17, 15) is 0 Å². The third kappa shape index (κ3) is 3.04. The van der Waals surface area contributed by atoms with E-state index in [1.165, 1.54) is 37.9 Å². The lowest BCUT2D eigenvalue weighted by atomic mass is 9.51. The van der Waals surface area contributed by atoms with Gasteiger partial charge < -0.3 is 15.4 Å². The maximum atomic E-state index is 5.92. The van der Waals surface area contributed by atoms with Crippen molar-refractivity contribution < 1.29 is 4.74 Å². The Bertz CT molecular complexity index is 378. The van der Waals surface area contributed by atoms with Crippen molar-refractivity contribution in [3.8, 4) is 0 Å². The van der Waals surface area contributed by atoms with Crippen molar-refractivity contribution in [3.05, 3.63) is 0 Å². The van der Waals surface area contributed by atoms with Gasteiger partial charge in [0.05, 0.1) is 6.10 Å². The summed E-state index contributed by atoms with van der Waals surface area (Å²) in [4.78, 5) is 4.41. The van der Waals surface area contributed by atoms with Crippen LogP contribution in [0.15, 0.2) is 4.99 Å². The molecule has 0 bridgehead atoms. The Kier molecular flexibility index (Phi) is 4.99. The SMILES string of the molecule is CCOC1CC(NC(=NC)NCC2CCCS2)C12CCC2. The zero-order chi connectivity index (χ0) is 14.7. The molecule has 0 aromatic heterocycles. The second-order valence-electron chi connectivity index (χ2n) is 6.55. The Morgan fingerprint density at radius 3 is 2.81 bits per heavy atom. The lowest BCUT2D eigenvalue weighted by Gasteiger charge is -2.61. The smallest absolute Gasteiger partial charge is 0.191 e. The quantitative estimate of drug-likeness (QED) is 0.604. The molecule has 0 aromatic carbocycles. The normalized spacial score (nSPS) is 34.4. The molecule has 3 fully saturated rings. The summed E-state index contributed by atoms with van der Waals surface area (Å²) in [6, 6.07) is 0.547. The van der Waals surface area contributed by atoms with Crippen LogP contribution in [-0.2, 0) is 4.74 Å². The Balaban J connectivity index is 1.48. The van der Waals surface area contributed by atoms with Crippen molar-refractivity contribution in [2.75, 3.05) is 26.0 Å². The maximum Gasteiger partial charge on any atom is 0.191 e. The van der Waals surface area contributed by atoms with Gasteiger partial charge in [0.1, 0.15) is 0 Å². The van der Waals surface area contributed by atoms with Crippen LogP contribution in [0.5, 0.6) is 0 Å². The van der Waals surface area contributed by atoms with E-state index in [4.69, 9.17) is 4.74 Å². The summed E-state index contributed by atoms with van der Waals surface area (Å²) < 4.78 is 5.92.